The Morgan fingerprint density at radius 3 is 2.71 bits per heavy atom. The summed E-state index contributed by atoms with van der Waals surface area (Å²) in [5, 5.41) is 0. The standard InChI is InChI=1S/C10H15FN2O/c1-13(2)10-6-9(11)5-4-8(10)7-12-14-3/h4-6,12H,7H2,1-3H3. The minimum Gasteiger partial charge on any atom is -0.377 e. The van der Waals surface area contributed by atoms with Gasteiger partial charge in [-0.2, -0.15) is 5.48 Å². The van der Waals surface area contributed by atoms with Crippen molar-refractivity contribution in [3.05, 3.63) is 29.6 Å². The van der Waals surface area contributed by atoms with Crippen LogP contribution < -0.4 is 10.4 Å². The van der Waals surface area contributed by atoms with E-state index in [0.29, 0.717) is 6.54 Å². The largest absolute Gasteiger partial charge is 0.377 e. The van der Waals surface area contributed by atoms with Crippen LogP contribution in [0.4, 0.5) is 10.1 Å². The second kappa shape index (κ2) is 4.93. The lowest BCUT2D eigenvalue weighted by atomic mass is 10.1. The SMILES string of the molecule is CONCc1ccc(F)cc1N(C)C. The molecule has 1 rings (SSSR count). The Morgan fingerprint density at radius 1 is 1.43 bits per heavy atom. The van der Waals surface area contributed by atoms with Gasteiger partial charge in [0.15, 0.2) is 0 Å². The van der Waals surface area contributed by atoms with E-state index in [9.17, 15) is 4.39 Å². The molecule has 14 heavy (non-hydrogen) atoms. The van der Waals surface area contributed by atoms with Crippen LogP contribution in [-0.4, -0.2) is 21.2 Å². The van der Waals surface area contributed by atoms with Gasteiger partial charge in [0.25, 0.3) is 0 Å². The van der Waals surface area contributed by atoms with Crippen molar-refractivity contribution in [3.63, 3.8) is 0 Å². The summed E-state index contributed by atoms with van der Waals surface area (Å²) in [6.45, 7) is 0.560. The first-order valence-electron chi connectivity index (χ1n) is 4.36. The van der Waals surface area contributed by atoms with E-state index in [2.05, 4.69) is 5.48 Å². The normalized spacial score (nSPS) is 10.3. The highest BCUT2D eigenvalue weighted by Crippen LogP contribution is 2.19. The number of nitrogens with one attached hydrogen (secondary N) is 1. The molecule has 4 heteroatoms. The fourth-order valence-corrected chi connectivity index (χ4v) is 1.25. The van der Waals surface area contributed by atoms with Crippen LogP contribution in [0.25, 0.3) is 0 Å². The molecule has 0 radical (unpaired) electrons. The predicted molar refractivity (Wildman–Crippen MR) is 54.6 cm³/mol. The number of halogens is 1. The zero-order valence-corrected chi connectivity index (χ0v) is 8.67. The van der Waals surface area contributed by atoms with Gasteiger partial charge < -0.3 is 9.74 Å². The zero-order valence-electron chi connectivity index (χ0n) is 8.67. The zero-order chi connectivity index (χ0) is 10.6. The van der Waals surface area contributed by atoms with Gasteiger partial charge in [0.05, 0.1) is 7.11 Å². The molecule has 0 bridgehead atoms. The first-order chi connectivity index (χ1) is 6.65. The highest BCUT2D eigenvalue weighted by atomic mass is 19.1. The lowest BCUT2D eigenvalue weighted by molar-refractivity contribution is 0.0868. The molecule has 0 saturated heterocycles. The van der Waals surface area contributed by atoms with E-state index in [4.69, 9.17) is 4.84 Å². The number of hydrogen-bond donors (Lipinski definition) is 1. The van der Waals surface area contributed by atoms with Crippen LogP contribution in [0.3, 0.4) is 0 Å². The number of nitrogens with zero attached hydrogens (tertiary/aromatic N) is 1. The molecular weight excluding hydrogens is 183 g/mol. The Morgan fingerprint density at radius 2 is 2.14 bits per heavy atom. The molecule has 0 spiro atoms. The van der Waals surface area contributed by atoms with Crippen LogP contribution in [0.1, 0.15) is 5.56 Å². The van der Waals surface area contributed by atoms with E-state index < -0.39 is 0 Å². The molecular formula is C10H15FN2O. The van der Waals surface area contributed by atoms with Crippen LogP contribution in [-0.2, 0) is 11.4 Å². The van der Waals surface area contributed by atoms with Crippen LogP contribution in [0.2, 0.25) is 0 Å². The van der Waals surface area contributed by atoms with E-state index in [-0.39, 0.29) is 5.82 Å². The van der Waals surface area contributed by atoms with Crippen molar-refractivity contribution in [2.45, 2.75) is 6.54 Å². The van der Waals surface area contributed by atoms with Crippen LogP contribution >= 0.6 is 0 Å². The molecule has 1 N–H and O–H groups in total. The third kappa shape index (κ3) is 2.68. The van der Waals surface area contributed by atoms with Gasteiger partial charge in [-0.25, -0.2) is 4.39 Å². The number of benzene rings is 1. The van der Waals surface area contributed by atoms with Crippen molar-refractivity contribution in [2.24, 2.45) is 0 Å². The van der Waals surface area contributed by atoms with Crippen molar-refractivity contribution in [1.82, 2.24) is 5.48 Å². The average molecular weight is 198 g/mol. The Kier molecular flexibility index (Phi) is 3.85. The molecule has 0 aliphatic rings. The first kappa shape index (κ1) is 10.9. The molecule has 3 nitrogen and oxygen atoms in total. The number of hydrogen-bond acceptors (Lipinski definition) is 3. The lowest BCUT2D eigenvalue weighted by Crippen LogP contribution is -2.16. The van der Waals surface area contributed by atoms with Gasteiger partial charge in [-0.1, -0.05) is 6.07 Å². The van der Waals surface area contributed by atoms with Crippen molar-refractivity contribution in [3.8, 4) is 0 Å². The van der Waals surface area contributed by atoms with E-state index in [1.54, 1.807) is 13.2 Å². The van der Waals surface area contributed by atoms with E-state index >= 15 is 0 Å². The maximum atomic E-state index is 13.0. The van der Waals surface area contributed by atoms with Gasteiger partial charge in [0.1, 0.15) is 5.82 Å². The van der Waals surface area contributed by atoms with Gasteiger partial charge in [-0.3, -0.25) is 0 Å². The van der Waals surface area contributed by atoms with Crippen LogP contribution in [0.15, 0.2) is 18.2 Å². The molecule has 0 heterocycles. The van der Waals surface area contributed by atoms with Crippen LogP contribution in [0, 0.1) is 5.82 Å². The summed E-state index contributed by atoms with van der Waals surface area (Å²) in [7, 11) is 5.31. The highest BCUT2D eigenvalue weighted by molar-refractivity contribution is 5.52. The summed E-state index contributed by atoms with van der Waals surface area (Å²) in [6, 6.07) is 4.70. The molecule has 0 fully saturated rings. The molecule has 0 aliphatic heterocycles. The van der Waals surface area contributed by atoms with E-state index in [1.807, 2.05) is 19.0 Å². The van der Waals surface area contributed by atoms with Gasteiger partial charge in [-0.05, 0) is 17.7 Å². The summed E-state index contributed by atoms with van der Waals surface area (Å²) >= 11 is 0. The molecule has 1 aromatic rings. The molecule has 0 unspecified atom stereocenters. The summed E-state index contributed by atoms with van der Waals surface area (Å²) < 4.78 is 13.0. The molecule has 0 aromatic heterocycles. The van der Waals surface area contributed by atoms with Crippen molar-refractivity contribution in [1.29, 1.82) is 0 Å². The molecule has 0 amide bonds. The maximum absolute atomic E-state index is 13.0. The smallest absolute Gasteiger partial charge is 0.125 e. The first-order valence-corrected chi connectivity index (χ1v) is 4.36. The third-order valence-corrected chi connectivity index (χ3v) is 1.94. The molecule has 0 atom stereocenters. The highest BCUT2D eigenvalue weighted by Gasteiger charge is 2.05. The minimum atomic E-state index is -0.227. The lowest BCUT2D eigenvalue weighted by Gasteiger charge is -2.17. The molecule has 78 valence electrons. The molecule has 0 saturated carbocycles. The average Bonchev–Trinajstić information content (AvgIpc) is 2.15. The van der Waals surface area contributed by atoms with E-state index in [0.717, 1.165) is 11.3 Å². The third-order valence-electron chi connectivity index (χ3n) is 1.94. The van der Waals surface area contributed by atoms with Gasteiger partial charge in [0, 0.05) is 26.3 Å². The van der Waals surface area contributed by atoms with Crippen molar-refractivity contribution in [2.75, 3.05) is 26.1 Å². The topological polar surface area (TPSA) is 24.5 Å². The Hall–Kier alpha value is -1.13. The number of anilines is 1. The summed E-state index contributed by atoms with van der Waals surface area (Å²) in [5.74, 6) is -0.227. The maximum Gasteiger partial charge on any atom is 0.125 e. The summed E-state index contributed by atoms with van der Waals surface area (Å²) in [4.78, 5) is 6.62. The van der Waals surface area contributed by atoms with Gasteiger partial charge >= 0.3 is 0 Å². The van der Waals surface area contributed by atoms with Crippen molar-refractivity contribution < 1.29 is 9.23 Å². The Labute approximate surface area is 83.4 Å². The fraction of sp³-hybridized carbons (Fsp3) is 0.400. The van der Waals surface area contributed by atoms with Gasteiger partial charge in [0.2, 0.25) is 0 Å². The number of rotatable bonds is 4. The summed E-state index contributed by atoms with van der Waals surface area (Å²) in [5.41, 5.74) is 4.58. The minimum absolute atomic E-state index is 0.227. The fourth-order valence-electron chi connectivity index (χ4n) is 1.25. The monoisotopic (exact) mass is 198 g/mol. The Bertz CT molecular complexity index is 302. The van der Waals surface area contributed by atoms with Crippen LogP contribution in [0.5, 0.6) is 0 Å². The number of hydroxylamine groups is 1. The van der Waals surface area contributed by atoms with Gasteiger partial charge in [-0.15, -0.1) is 0 Å². The second-order valence-electron chi connectivity index (χ2n) is 3.19. The summed E-state index contributed by atoms with van der Waals surface area (Å²) in [6.07, 6.45) is 0. The molecule has 0 aliphatic carbocycles. The molecule has 1 aromatic carbocycles. The second-order valence-corrected chi connectivity index (χ2v) is 3.19. The predicted octanol–water partition coefficient (Wildman–Crippen LogP) is 1.54. The quantitative estimate of drug-likeness (QED) is 0.743. The van der Waals surface area contributed by atoms with Crippen molar-refractivity contribution >= 4 is 5.69 Å². The Balaban J connectivity index is 2.90. The van der Waals surface area contributed by atoms with E-state index in [1.165, 1.54) is 12.1 Å².